The van der Waals surface area contributed by atoms with Crippen molar-refractivity contribution in [2.75, 3.05) is 13.9 Å². The van der Waals surface area contributed by atoms with Crippen LogP contribution >= 0.6 is 15.9 Å². The van der Waals surface area contributed by atoms with E-state index in [1.54, 1.807) is 12.1 Å². The maximum absolute atomic E-state index is 12.1. The van der Waals surface area contributed by atoms with Crippen molar-refractivity contribution in [2.45, 2.75) is 0 Å². The zero-order valence-electron chi connectivity index (χ0n) is 12.0. The van der Waals surface area contributed by atoms with Crippen molar-refractivity contribution in [1.29, 1.82) is 0 Å². The Balaban J connectivity index is 2.12. The number of hydrogen-bond acceptors (Lipinski definition) is 4. The molecule has 2 aromatic rings. The minimum atomic E-state index is -0.282. The van der Waals surface area contributed by atoms with Gasteiger partial charge in [-0.05, 0) is 35.9 Å². The highest BCUT2D eigenvalue weighted by Gasteiger charge is 2.09. The minimum Gasteiger partial charge on any atom is -0.507 e. The van der Waals surface area contributed by atoms with Gasteiger partial charge in [0.15, 0.2) is 12.6 Å². The van der Waals surface area contributed by atoms with Gasteiger partial charge in [-0.15, -0.1) is 0 Å². The van der Waals surface area contributed by atoms with Crippen LogP contribution in [0, 0.1) is 0 Å². The second-order valence-corrected chi connectivity index (χ2v) is 5.40. The van der Waals surface area contributed by atoms with E-state index in [9.17, 15) is 9.90 Å². The highest BCUT2D eigenvalue weighted by Crippen LogP contribution is 2.24. The number of carbonyl (C=O) groups excluding carboxylic acids is 1. The molecule has 0 amide bonds. The smallest absolute Gasteiger partial charge is 0.189 e. The van der Waals surface area contributed by atoms with Gasteiger partial charge in [-0.3, -0.25) is 4.79 Å². The lowest BCUT2D eigenvalue weighted by Crippen LogP contribution is -2.00. The average Bonchev–Trinajstić information content (AvgIpc) is 2.51. The molecule has 1 N–H and O–H groups in total. The number of rotatable bonds is 6. The van der Waals surface area contributed by atoms with Gasteiger partial charge in [0.1, 0.15) is 11.5 Å². The topological polar surface area (TPSA) is 55.8 Å². The van der Waals surface area contributed by atoms with Crippen molar-refractivity contribution >= 4 is 27.8 Å². The van der Waals surface area contributed by atoms with Crippen LogP contribution in [-0.2, 0) is 4.74 Å². The Morgan fingerprint density at radius 3 is 2.77 bits per heavy atom. The third-order valence-electron chi connectivity index (χ3n) is 2.85. The summed E-state index contributed by atoms with van der Waals surface area (Å²) in [7, 11) is 1.50. The predicted octanol–water partition coefficient (Wildman–Crippen LogP) is 4.03. The molecule has 114 valence electrons. The van der Waals surface area contributed by atoms with Crippen molar-refractivity contribution in [1.82, 2.24) is 0 Å². The molecule has 0 aromatic heterocycles. The van der Waals surface area contributed by atoms with Crippen LogP contribution in [0.4, 0.5) is 0 Å². The molecule has 0 aliphatic heterocycles. The van der Waals surface area contributed by atoms with Gasteiger partial charge in [-0.2, -0.15) is 0 Å². The summed E-state index contributed by atoms with van der Waals surface area (Å²) in [5, 5.41) is 9.92. The largest absolute Gasteiger partial charge is 0.507 e. The van der Waals surface area contributed by atoms with Crippen LogP contribution in [0.3, 0.4) is 0 Å². The van der Waals surface area contributed by atoms with Crippen LogP contribution < -0.4 is 4.74 Å². The summed E-state index contributed by atoms with van der Waals surface area (Å²) < 4.78 is 10.9. The molecule has 0 bridgehead atoms. The predicted molar refractivity (Wildman–Crippen MR) is 88.1 cm³/mol. The van der Waals surface area contributed by atoms with Crippen LogP contribution in [0.1, 0.15) is 15.9 Å². The number of ether oxygens (including phenoxy) is 2. The van der Waals surface area contributed by atoms with Crippen LogP contribution in [0.15, 0.2) is 53.0 Å². The number of hydrogen-bond donors (Lipinski definition) is 1. The van der Waals surface area contributed by atoms with Gasteiger partial charge < -0.3 is 14.6 Å². The van der Waals surface area contributed by atoms with Gasteiger partial charge in [-0.25, -0.2) is 0 Å². The first-order valence-corrected chi connectivity index (χ1v) is 7.32. The second kappa shape index (κ2) is 7.77. The Labute approximate surface area is 137 Å². The van der Waals surface area contributed by atoms with Gasteiger partial charge in [0, 0.05) is 17.6 Å². The van der Waals surface area contributed by atoms with Gasteiger partial charge in [0.05, 0.1) is 5.56 Å². The number of benzene rings is 2. The van der Waals surface area contributed by atoms with Gasteiger partial charge in [0.2, 0.25) is 0 Å². The molecule has 4 nitrogen and oxygen atoms in total. The van der Waals surface area contributed by atoms with E-state index in [1.807, 2.05) is 24.3 Å². The highest BCUT2D eigenvalue weighted by molar-refractivity contribution is 9.10. The number of aromatic hydroxyl groups is 1. The third kappa shape index (κ3) is 4.44. The van der Waals surface area contributed by atoms with E-state index in [-0.39, 0.29) is 23.9 Å². The molecule has 0 heterocycles. The molecule has 2 rings (SSSR count). The molecule has 0 aliphatic rings. The monoisotopic (exact) mass is 362 g/mol. The van der Waals surface area contributed by atoms with E-state index in [1.165, 1.54) is 25.3 Å². The fraction of sp³-hybridized carbons (Fsp3) is 0.118. The maximum atomic E-state index is 12.1. The van der Waals surface area contributed by atoms with Crippen molar-refractivity contribution < 1.29 is 19.4 Å². The van der Waals surface area contributed by atoms with Crippen molar-refractivity contribution in [3.05, 3.63) is 64.1 Å². The summed E-state index contributed by atoms with van der Waals surface area (Å²) in [6, 6.07) is 12.1. The first-order valence-electron chi connectivity index (χ1n) is 6.53. The van der Waals surface area contributed by atoms with Crippen LogP contribution in [0.5, 0.6) is 11.5 Å². The molecule has 0 unspecified atom stereocenters. The number of halogens is 1. The Bertz CT molecular complexity index is 695. The molecular weight excluding hydrogens is 348 g/mol. The highest BCUT2D eigenvalue weighted by atomic mass is 79.9. The number of phenolic OH excluding ortho intramolecular Hbond substituents is 1. The standard InChI is InChI=1S/C17H15BrO4/c1-21-11-22-14-6-7-15(17(20)10-14)16(19)8-5-12-3-2-4-13(18)9-12/h2-10,20H,11H2,1H3/b8-5+. The first kappa shape index (κ1) is 16.3. The molecule has 0 spiro atoms. The van der Waals surface area contributed by atoms with Gasteiger partial charge in [0.25, 0.3) is 0 Å². The van der Waals surface area contributed by atoms with Gasteiger partial charge in [-0.1, -0.05) is 34.1 Å². The van der Waals surface area contributed by atoms with Crippen LogP contribution in [0.2, 0.25) is 0 Å². The number of allylic oxidation sites excluding steroid dienone is 1. The molecule has 0 saturated carbocycles. The molecule has 0 radical (unpaired) electrons. The van der Waals surface area contributed by atoms with Gasteiger partial charge >= 0.3 is 0 Å². The Morgan fingerprint density at radius 1 is 1.27 bits per heavy atom. The number of methoxy groups -OCH3 is 1. The maximum Gasteiger partial charge on any atom is 0.189 e. The molecular formula is C17H15BrO4. The van der Waals surface area contributed by atoms with Crippen LogP contribution in [0.25, 0.3) is 6.08 Å². The number of ketones is 1. The molecule has 22 heavy (non-hydrogen) atoms. The fourth-order valence-electron chi connectivity index (χ4n) is 1.81. The lowest BCUT2D eigenvalue weighted by atomic mass is 10.1. The lowest BCUT2D eigenvalue weighted by Gasteiger charge is -2.06. The van der Waals surface area contributed by atoms with Crippen molar-refractivity contribution in [2.24, 2.45) is 0 Å². The molecule has 0 atom stereocenters. The molecule has 0 fully saturated rings. The quantitative estimate of drug-likeness (QED) is 0.478. The molecule has 0 saturated heterocycles. The SMILES string of the molecule is COCOc1ccc(C(=O)/C=C/c2cccc(Br)c2)c(O)c1. The summed E-state index contributed by atoms with van der Waals surface area (Å²) >= 11 is 3.37. The molecule has 2 aromatic carbocycles. The minimum absolute atomic E-state index is 0.0789. The zero-order valence-corrected chi connectivity index (χ0v) is 13.5. The average molecular weight is 363 g/mol. The molecule has 0 aliphatic carbocycles. The normalized spacial score (nSPS) is 10.8. The Morgan fingerprint density at radius 2 is 2.09 bits per heavy atom. The number of phenols is 1. The molecule has 5 heteroatoms. The third-order valence-corrected chi connectivity index (χ3v) is 3.35. The summed E-state index contributed by atoms with van der Waals surface area (Å²) in [5.74, 6) is 0.0279. The van der Waals surface area contributed by atoms with E-state index >= 15 is 0 Å². The summed E-state index contributed by atoms with van der Waals surface area (Å²) in [5.41, 5.74) is 1.11. The Kier molecular flexibility index (Phi) is 5.75. The zero-order chi connectivity index (χ0) is 15.9. The van der Waals surface area contributed by atoms with E-state index in [0.29, 0.717) is 5.75 Å². The fourth-order valence-corrected chi connectivity index (χ4v) is 2.23. The van der Waals surface area contributed by atoms with E-state index in [2.05, 4.69) is 15.9 Å². The number of carbonyl (C=O) groups is 1. The second-order valence-electron chi connectivity index (χ2n) is 4.48. The summed E-state index contributed by atoms with van der Waals surface area (Å²) in [4.78, 5) is 12.1. The lowest BCUT2D eigenvalue weighted by molar-refractivity contribution is 0.0510. The van der Waals surface area contributed by atoms with Crippen LogP contribution in [-0.4, -0.2) is 24.8 Å². The summed E-state index contributed by atoms with van der Waals surface area (Å²) in [6.07, 6.45) is 3.12. The van der Waals surface area contributed by atoms with E-state index in [0.717, 1.165) is 10.0 Å². The van der Waals surface area contributed by atoms with E-state index in [4.69, 9.17) is 9.47 Å². The Hall–Kier alpha value is -2.11. The van der Waals surface area contributed by atoms with Crippen molar-refractivity contribution in [3.8, 4) is 11.5 Å². The summed E-state index contributed by atoms with van der Waals surface area (Å²) in [6.45, 7) is 0.0789. The first-order chi connectivity index (χ1) is 10.6. The van der Waals surface area contributed by atoms with E-state index < -0.39 is 0 Å². The van der Waals surface area contributed by atoms with Crippen molar-refractivity contribution in [3.63, 3.8) is 0 Å².